The minimum absolute atomic E-state index is 0. The van der Waals surface area contributed by atoms with Crippen molar-refractivity contribution in [1.29, 1.82) is 0 Å². The van der Waals surface area contributed by atoms with Crippen LogP contribution in [0, 0.1) is 0 Å². The first kappa shape index (κ1) is 22.1. The maximum Gasteiger partial charge on any atom is 0.258 e. The van der Waals surface area contributed by atoms with Crippen molar-refractivity contribution < 1.29 is 19.1 Å². The highest BCUT2D eigenvalue weighted by molar-refractivity contribution is 6.11. The summed E-state index contributed by atoms with van der Waals surface area (Å²) in [5.74, 6) is -0.477. The third-order valence-corrected chi connectivity index (χ3v) is 5.15. The molecule has 0 aliphatic carbocycles. The summed E-state index contributed by atoms with van der Waals surface area (Å²) in [7, 11) is 1.63. The number of fused-ring (bicyclic) bond motifs is 3. The van der Waals surface area contributed by atoms with Crippen LogP contribution in [0.15, 0.2) is 24.3 Å². The maximum atomic E-state index is 13.0. The first-order valence-corrected chi connectivity index (χ1v) is 9.19. The fraction of sp³-hybridized carbons (Fsp3) is 0.526. The average molecular weight is 411 g/mol. The van der Waals surface area contributed by atoms with Crippen molar-refractivity contribution in [3.63, 3.8) is 0 Å². The molecule has 28 heavy (non-hydrogen) atoms. The molecule has 1 fully saturated rings. The number of nitrogens with zero attached hydrogens (tertiary/aromatic N) is 2. The zero-order valence-corrected chi connectivity index (χ0v) is 17.0. The summed E-state index contributed by atoms with van der Waals surface area (Å²) in [6.07, 6.45) is 0.872. The lowest BCUT2D eigenvalue weighted by Crippen LogP contribution is -2.64. The average Bonchev–Trinajstić information content (AvgIpc) is 2.97. The van der Waals surface area contributed by atoms with E-state index in [1.165, 1.54) is 4.90 Å². The van der Waals surface area contributed by atoms with E-state index in [1.807, 2.05) is 13.0 Å². The second-order valence-electron chi connectivity index (χ2n) is 6.95. The summed E-state index contributed by atoms with van der Waals surface area (Å²) in [4.78, 5) is 41.1. The minimum atomic E-state index is -0.809. The van der Waals surface area contributed by atoms with Gasteiger partial charge in [-0.2, -0.15) is 0 Å². The van der Waals surface area contributed by atoms with E-state index in [0.717, 1.165) is 0 Å². The molecule has 2 aliphatic heterocycles. The van der Waals surface area contributed by atoms with Crippen LogP contribution in [0.2, 0.25) is 0 Å². The van der Waals surface area contributed by atoms with Crippen molar-refractivity contribution >= 4 is 35.8 Å². The lowest BCUT2D eigenvalue weighted by atomic mass is 9.98. The van der Waals surface area contributed by atoms with Gasteiger partial charge in [-0.1, -0.05) is 12.1 Å². The SMILES string of the molecule is COCCNCCNC(=O)CN1C(=O)c2ccccc2N2C(=O)CCC12C.Cl. The van der Waals surface area contributed by atoms with Gasteiger partial charge in [0, 0.05) is 33.2 Å². The Morgan fingerprint density at radius 1 is 1.21 bits per heavy atom. The Kier molecular flexibility index (Phi) is 7.40. The van der Waals surface area contributed by atoms with E-state index >= 15 is 0 Å². The summed E-state index contributed by atoms with van der Waals surface area (Å²) in [5.41, 5.74) is 0.280. The topological polar surface area (TPSA) is 91.0 Å². The van der Waals surface area contributed by atoms with Gasteiger partial charge in [-0.25, -0.2) is 0 Å². The molecule has 1 atom stereocenters. The molecular weight excluding hydrogens is 384 g/mol. The molecule has 3 amide bonds. The van der Waals surface area contributed by atoms with Gasteiger partial charge in [0.05, 0.1) is 17.9 Å². The zero-order valence-electron chi connectivity index (χ0n) is 16.2. The Labute approximate surface area is 171 Å². The first-order chi connectivity index (χ1) is 13.0. The molecule has 9 heteroatoms. The van der Waals surface area contributed by atoms with E-state index in [9.17, 15) is 14.4 Å². The van der Waals surface area contributed by atoms with Gasteiger partial charge in [-0.3, -0.25) is 19.3 Å². The lowest BCUT2D eigenvalue weighted by molar-refractivity contribution is -0.123. The number of rotatable bonds is 8. The molecule has 3 rings (SSSR count). The van der Waals surface area contributed by atoms with Crippen LogP contribution in [0.1, 0.15) is 30.1 Å². The Morgan fingerprint density at radius 3 is 2.71 bits per heavy atom. The Morgan fingerprint density at radius 2 is 1.96 bits per heavy atom. The van der Waals surface area contributed by atoms with E-state index in [2.05, 4.69) is 10.6 Å². The summed E-state index contributed by atoms with van der Waals surface area (Å²) in [6.45, 7) is 4.17. The maximum absolute atomic E-state index is 13.0. The second-order valence-corrected chi connectivity index (χ2v) is 6.95. The van der Waals surface area contributed by atoms with Crippen molar-refractivity contribution in [3.05, 3.63) is 29.8 Å². The van der Waals surface area contributed by atoms with Gasteiger partial charge in [-0.05, 0) is 25.5 Å². The fourth-order valence-electron chi connectivity index (χ4n) is 3.73. The standard InChI is InChI=1S/C19H26N4O4.ClH/c1-19-8-7-17(25)23(19)15-6-4-3-5-14(15)18(26)22(19)13-16(24)21-10-9-20-11-12-27-2;/h3-6,20H,7-13H2,1-2H3,(H,21,24);1H. The molecule has 2 N–H and O–H groups in total. The van der Waals surface area contributed by atoms with Crippen LogP contribution in [0.25, 0.3) is 0 Å². The Bertz CT molecular complexity index is 744. The van der Waals surface area contributed by atoms with Gasteiger partial charge < -0.3 is 20.3 Å². The van der Waals surface area contributed by atoms with E-state index in [0.29, 0.717) is 50.3 Å². The van der Waals surface area contributed by atoms with Gasteiger partial charge in [0.15, 0.2) is 0 Å². The monoisotopic (exact) mass is 410 g/mol. The molecule has 1 saturated heterocycles. The molecule has 1 aromatic rings. The lowest BCUT2D eigenvalue weighted by Gasteiger charge is -2.48. The molecule has 0 aromatic heterocycles. The quantitative estimate of drug-likeness (QED) is 0.617. The van der Waals surface area contributed by atoms with E-state index in [-0.39, 0.29) is 36.7 Å². The fourth-order valence-corrected chi connectivity index (χ4v) is 3.73. The van der Waals surface area contributed by atoms with Crippen molar-refractivity contribution in [2.75, 3.05) is 44.8 Å². The number of benzene rings is 1. The number of anilines is 1. The number of carbonyl (C=O) groups excluding carboxylic acids is 3. The first-order valence-electron chi connectivity index (χ1n) is 9.19. The molecule has 2 aliphatic rings. The van der Waals surface area contributed by atoms with E-state index < -0.39 is 5.66 Å². The molecule has 0 radical (unpaired) electrons. The molecule has 0 spiro atoms. The number of methoxy groups -OCH3 is 1. The van der Waals surface area contributed by atoms with Crippen molar-refractivity contribution in [2.24, 2.45) is 0 Å². The number of halogens is 1. The third kappa shape index (κ3) is 4.14. The van der Waals surface area contributed by atoms with Crippen LogP contribution in [0.3, 0.4) is 0 Å². The Hall–Kier alpha value is -2.16. The number of ether oxygens (including phenoxy) is 1. The minimum Gasteiger partial charge on any atom is -0.383 e. The van der Waals surface area contributed by atoms with Crippen molar-refractivity contribution in [2.45, 2.75) is 25.4 Å². The molecule has 0 saturated carbocycles. The molecule has 154 valence electrons. The van der Waals surface area contributed by atoms with Crippen LogP contribution < -0.4 is 15.5 Å². The summed E-state index contributed by atoms with van der Waals surface area (Å²) >= 11 is 0. The predicted molar refractivity (Wildman–Crippen MR) is 108 cm³/mol. The molecule has 0 bridgehead atoms. The van der Waals surface area contributed by atoms with Crippen molar-refractivity contribution in [1.82, 2.24) is 15.5 Å². The predicted octanol–water partition coefficient (Wildman–Crippen LogP) is 0.759. The number of hydrogen-bond donors (Lipinski definition) is 2. The van der Waals surface area contributed by atoms with Gasteiger partial charge in [0.1, 0.15) is 12.2 Å². The Balaban J connectivity index is 0.00000280. The molecule has 1 unspecified atom stereocenters. The van der Waals surface area contributed by atoms with E-state index in [4.69, 9.17) is 4.74 Å². The normalized spacial score (nSPS) is 20.5. The highest BCUT2D eigenvalue weighted by atomic mass is 35.5. The smallest absolute Gasteiger partial charge is 0.258 e. The molecule has 2 heterocycles. The highest BCUT2D eigenvalue weighted by Crippen LogP contribution is 2.43. The molecular formula is C19H27ClN4O4. The van der Waals surface area contributed by atoms with Crippen LogP contribution in [-0.2, 0) is 14.3 Å². The molecule has 1 aromatic carbocycles. The number of hydrogen-bond acceptors (Lipinski definition) is 5. The second kappa shape index (κ2) is 9.36. The molecule has 8 nitrogen and oxygen atoms in total. The van der Waals surface area contributed by atoms with Crippen LogP contribution in [-0.4, -0.2) is 68.2 Å². The zero-order chi connectivity index (χ0) is 19.4. The largest absolute Gasteiger partial charge is 0.383 e. The van der Waals surface area contributed by atoms with Gasteiger partial charge in [0.2, 0.25) is 11.8 Å². The van der Waals surface area contributed by atoms with Gasteiger partial charge in [-0.15, -0.1) is 12.4 Å². The number of amides is 3. The van der Waals surface area contributed by atoms with Gasteiger partial charge in [0.25, 0.3) is 5.91 Å². The van der Waals surface area contributed by atoms with Crippen LogP contribution in [0.4, 0.5) is 5.69 Å². The summed E-state index contributed by atoms with van der Waals surface area (Å²) in [5, 5.41) is 5.96. The van der Waals surface area contributed by atoms with E-state index in [1.54, 1.807) is 30.2 Å². The van der Waals surface area contributed by atoms with Crippen LogP contribution >= 0.6 is 12.4 Å². The van der Waals surface area contributed by atoms with Crippen LogP contribution in [0.5, 0.6) is 0 Å². The summed E-state index contributed by atoms with van der Waals surface area (Å²) in [6, 6.07) is 7.08. The number of para-hydroxylation sites is 1. The highest BCUT2D eigenvalue weighted by Gasteiger charge is 2.53. The van der Waals surface area contributed by atoms with Crippen molar-refractivity contribution in [3.8, 4) is 0 Å². The number of nitrogens with one attached hydrogen (secondary N) is 2. The summed E-state index contributed by atoms with van der Waals surface area (Å²) < 4.78 is 4.94. The van der Waals surface area contributed by atoms with Gasteiger partial charge >= 0.3 is 0 Å². The number of carbonyl (C=O) groups is 3. The third-order valence-electron chi connectivity index (χ3n) is 5.15.